The first-order valence-electron chi connectivity index (χ1n) is 11.2. The number of halogens is 2. The summed E-state index contributed by atoms with van der Waals surface area (Å²) in [4.78, 5) is 27.0. The number of piperidine rings is 1. The molecule has 2 aromatic carbocycles. The van der Waals surface area contributed by atoms with Crippen LogP contribution < -0.4 is 14.8 Å². The van der Waals surface area contributed by atoms with E-state index in [9.17, 15) is 9.59 Å². The number of methoxy groups -OCH3 is 1. The number of carbonyl (C=O) groups excluding carboxylic acids is 2. The number of hydrogen-bond donors (Lipinski definition) is 1. The van der Waals surface area contributed by atoms with Gasteiger partial charge in [0.25, 0.3) is 11.8 Å². The van der Waals surface area contributed by atoms with Gasteiger partial charge in [-0.25, -0.2) is 0 Å². The van der Waals surface area contributed by atoms with Crippen LogP contribution in [0, 0.1) is 0 Å². The molecule has 0 unspecified atom stereocenters. The molecule has 1 aliphatic heterocycles. The van der Waals surface area contributed by atoms with E-state index in [0.29, 0.717) is 51.9 Å². The summed E-state index contributed by atoms with van der Waals surface area (Å²) in [6, 6.07) is 12.6. The molecule has 0 radical (unpaired) electrons. The number of hydrogen-bond acceptors (Lipinski definition) is 5. The number of nitrogens with zero attached hydrogens (tertiary/aromatic N) is 3. The highest BCUT2D eigenvalue weighted by Gasteiger charge is 2.27. The normalized spacial score (nSPS) is 14.0. The summed E-state index contributed by atoms with van der Waals surface area (Å²) in [6.07, 6.45) is 3.41. The maximum absolute atomic E-state index is 12.9. The van der Waals surface area contributed by atoms with Crippen LogP contribution in [0.2, 0.25) is 10.0 Å². The van der Waals surface area contributed by atoms with Gasteiger partial charge in [-0.3, -0.25) is 14.3 Å². The van der Waals surface area contributed by atoms with Gasteiger partial charge in [-0.1, -0.05) is 35.3 Å². The highest BCUT2D eigenvalue weighted by atomic mass is 35.5. The molecule has 0 spiro atoms. The van der Waals surface area contributed by atoms with E-state index in [-0.39, 0.29) is 18.4 Å². The lowest BCUT2D eigenvalue weighted by Gasteiger charge is -2.32. The Morgan fingerprint density at radius 3 is 2.46 bits per heavy atom. The number of rotatable bonds is 7. The monoisotopic (exact) mass is 516 g/mol. The van der Waals surface area contributed by atoms with E-state index in [1.54, 1.807) is 36.1 Å². The predicted octanol–water partition coefficient (Wildman–Crippen LogP) is 4.77. The predicted molar refractivity (Wildman–Crippen MR) is 135 cm³/mol. The van der Waals surface area contributed by atoms with Gasteiger partial charge in [0.05, 0.1) is 17.2 Å². The van der Waals surface area contributed by atoms with Crippen molar-refractivity contribution in [2.45, 2.75) is 18.8 Å². The number of anilines is 1. The van der Waals surface area contributed by atoms with Crippen LogP contribution in [0.3, 0.4) is 0 Å². The lowest BCUT2D eigenvalue weighted by molar-refractivity contribution is -0.118. The SMILES string of the molecule is COc1nn(C)cc1C(=O)N1CCC(c2ccc(NC(=O)COc3ccc(Cl)c(Cl)c3)cc2)CC1. The first-order valence-corrected chi connectivity index (χ1v) is 11.9. The zero-order valence-electron chi connectivity index (χ0n) is 19.5. The fourth-order valence-electron chi connectivity index (χ4n) is 4.10. The Hall–Kier alpha value is -3.23. The van der Waals surface area contributed by atoms with Crippen molar-refractivity contribution in [3.05, 3.63) is 69.8 Å². The van der Waals surface area contributed by atoms with E-state index < -0.39 is 0 Å². The highest BCUT2D eigenvalue weighted by Crippen LogP contribution is 2.30. The van der Waals surface area contributed by atoms with Gasteiger partial charge in [0, 0.05) is 38.1 Å². The molecule has 1 saturated heterocycles. The summed E-state index contributed by atoms with van der Waals surface area (Å²) < 4.78 is 12.3. The molecule has 1 N–H and O–H groups in total. The number of aryl methyl sites for hydroxylation is 1. The third-order valence-electron chi connectivity index (χ3n) is 5.93. The van der Waals surface area contributed by atoms with Crippen molar-refractivity contribution in [2.75, 3.05) is 32.1 Å². The van der Waals surface area contributed by atoms with Crippen LogP contribution in [0.5, 0.6) is 11.6 Å². The number of aromatic nitrogens is 2. The van der Waals surface area contributed by atoms with Crippen molar-refractivity contribution in [3.8, 4) is 11.6 Å². The molecule has 10 heteroatoms. The van der Waals surface area contributed by atoms with Crippen molar-refractivity contribution in [1.82, 2.24) is 14.7 Å². The van der Waals surface area contributed by atoms with Crippen molar-refractivity contribution >= 4 is 40.7 Å². The molecule has 1 aromatic heterocycles. The Morgan fingerprint density at radius 1 is 1.09 bits per heavy atom. The van der Waals surface area contributed by atoms with Crippen molar-refractivity contribution < 1.29 is 19.1 Å². The molecular formula is C25H26Cl2N4O4. The summed E-state index contributed by atoms with van der Waals surface area (Å²) in [5.74, 6) is 0.824. The highest BCUT2D eigenvalue weighted by molar-refractivity contribution is 6.42. The summed E-state index contributed by atoms with van der Waals surface area (Å²) in [6.45, 7) is 1.17. The number of benzene rings is 2. The Balaban J connectivity index is 1.27. The average Bonchev–Trinajstić information content (AvgIpc) is 3.25. The Labute approximate surface area is 213 Å². The quantitative estimate of drug-likeness (QED) is 0.488. The molecule has 2 heterocycles. The van der Waals surface area contributed by atoms with E-state index >= 15 is 0 Å². The molecule has 4 rings (SSSR count). The van der Waals surface area contributed by atoms with Gasteiger partial charge in [0.2, 0.25) is 5.88 Å². The van der Waals surface area contributed by atoms with Crippen molar-refractivity contribution in [2.24, 2.45) is 7.05 Å². The van der Waals surface area contributed by atoms with Crippen LogP contribution in [0.1, 0.15) is 34.7 Å². The van der Waals surface area contributed by atoms with E-state index in [0.717, 1.165) is 12.8 Å². The Bertz CT molecular complexity index is 1200. The molecular weight excluding hydrogens is 491 g/mol. The third-order valence-corrected chi connectivity index (χ3v) is 6.67. The number of likely N-dealkylation sites (tertiary alicyclic amines) is 1. The number of carbonyl (C=O) groups is 2. The molecule has 8 nitrogen and oxygen atoms in total. The zero-order chi connectivity index (χ0) is 24.9. The maximum Gasteiger partial charge on any atom is 0.262 e. The molecule has 0 atom stereocenters. The van der Waals surface area contributed by atoms with Gasteiger partial charge in [-0.2, -0.15) is 0 Å². The van der Waals surface area contributed by atoms with Crippen molar-refractivity contribution in [1.29, 1.82) is 0 Å². The lowest BCUT2D eigenvalue weighted by atomic mass is 9.89. The summed E-state index contributed by atoms with van der Waals surface area (Å²) in [5, 5.41) is 7.79. The van der Waals surface area contributed by atoms with E-state index in [1.807, 2.05) is 29.2 Å². The first kappa shape index (κ1) is 24.9. The minimum absolute atomic E-state index is 0.0606. The number of nitrogens with one attached hydrogen (secondary N) is 1. The van der Waals surface area contributed by atoms with Gasteiger partial charge in [0.15, 0.2) is 6.61 Å². The Morgan fingerprint density at radius 2 is 1.80 bits per heavy atom. The van der Waals surface area contributed by atoms with Crippen LogP contribution in [-0.2, 0) is 11.8 Å². The van der Waals surface area contributed by atoms with Crippen LogP contribution in [0.4, 0.5) is 5.69 Å². The summed E-state index contributed by atoms with van der Waals surface area (Å²) in [7, 11) is 3.28. The largest absolute Gasteiger partial charge is 0.484 e. The van der Waals surface area contributed by atoms with Gasteiger partial charge in [0.1, 0.15) is 11.3 Å². The second kappa shape index (κ2) is 11.0. The molecule has 3 aromatic rings. The molecule has 0 saturated carbocycles. The van der Waals surface area contributed by atoms with Crippen LogP contribution in [-0.4, -0.2) is 53.3 Å². The molecule has 1 fully saturated rings. The van der Waals surface area contributed by atoms with E-state index in [1.165, 1.54) is 12.7 Å². The fraction of sp³-hybridized carbons (Fsp3) is 0.320. The molecule has 0 bridgehead atoms. The van der Waals surface area contributed by atoms with E-state index in [2.05, 4.69) is 10.4 Å². The van der Waals surface area contributed by atoms with Crippen LogP contribution in [0.25, 0.3) is 0 Å². The molecule has 2 amide bonds. The number of ether oxygens (including phenoxy) is 2. The Kier molecular flexibility index (Phi) is 7.83. The smallest absolute Gasteiger partial charge is 0.262 e. The molecule has 35 heavy (non-hydrogen) atoms. The molecule has 1 aliphatic rings. The van der Waals surface area contributed by atoms with Crippen LogP contribution in [0.15, 0.2) is 48.7 Å². The minimum atomic E-state index is -0.276. The standard InChI is InChI=1S/C25H26Cl2N4O4/c1-30-14-20(24(29-30)34-2)25(33)31-11-9-17(10-12-31)16-3-5-18(6-4-16)28-23(32)15-35-19-7-8-21(26)22(27)13-19/h3-8,13-14,17H,9-12,15H2,1-2H3,(H,28,32). The molecule has 0 aliphatic carbocycles. The summed E-state index contributed by atoms with van der Waals surface area (Å²) in [5.41, 5.74) is 2.35. The summed E-state index contributed by atoms with van der Waals surface area (Å²) >= 11 is 11.8. The topological polar surface area (TPSA) is 85.7 Å². The van der Waals surface area contributed by atoms with Crippen LogP contribution >= 0.6 is 23.2 Å². The lowest BCUT2D eigenvalue weighted by Crippen LogP contribution is -2.38. The third kappa shape index (κ3) is 6.07. The second-order valence-electron chi connectivity index (χ2n) is 8.33. The van der Waals surface area contributed by atoms with Gasteiger partial charge < -0.3 is 19.7 Å². The molecule has 184 valence electrons. The zero-order valence-corrected chi connectivity index (χ0v) is 21.0. The maximum atomic E-state index is 12.9. The second-order valence-corrected chi connectivity index (χ2v) is 9.14. The van der Waals surface area contributed by atoms with Crippen molar-refractivity contribution in [3.63, 3.8) is 0 Å². The fourth-order valence-corrected chi connectivity index (χ4v) is 4.39. The number of amides is 2. The average molecular weight is 517 g/mol. The van der Waals surface area contributed by atoms with Gasteiger partial charge >= 0.3 is 0 Å². The minimum Gasteiger partial charge on any atom is -0.484 e. The van der Waals surface area contributed by atoms with E-state index in [4.69, 9.17) is 32.7 Å². The van der Waals surface area contributed by atoms with Gasteiger partial charge in [-0.05, 0) is 48.6 Å². The van der Waals surface area contributed by atoms with Gasteiger partial charge in [-0.15, -0.1) is 5.10 Å². The first-order chi connectivity index (χ1) is 16.8.